The highest BCUT2D eigenvalue weighted by Crippen LogP contribution is 2.50. The first-order valence-corrected chi connectivity index (χ1v) is 5.95. The third-order valence-corrected chi connectivity index (χ3v) is 4.31. The van der Waals surface area contributed by atoms with Crippen molar-refractivity contribution in [2.24, 2.45) is 5.92 Å². The maximum atomic E-state index is 11.7. The van der Waals surface area contributed by atoms with Gasteiger partial charge in [-0.05, 0) is 43.8 Å². The average Bonchev–Trinajstić information content (AvgIpc) is 2.40. The lowest BCUT2D eigenvalue weighted by molar-refractivity contribution is -0.114. The van der Waals surface area contributed by atoms with Crippen LogP contribution in [0.5, 0.6) is 0 Å². The Bertz CT molecular complexity index is 343. The molecule has 16 heavy (non-hydrogen) atoms. The summed E-state index contributed by atoms with van der Waals surface area (Å²) in [6, 6.07) is 0. The van der Waals surface area contributed by atoms with Crippen LogP contribution in [0.3, 0.4) is 0 Å². The van der Waals surface area contributed by atoms with E-state index >= 15 is 0 Å². The lowest BCUT2D eigenvalue weighted by atomic mass is 9.80. The number of hydrogen-bond acceptors (Lipinski definition) is 3. The number of fused-ring (bicyclic) bond motifs is 1. The fourth-order valence-electron chi connectivity index (χ4n) is 3.18. The van der Waals surface area contributed by atoms with E-state index in [1.807, 2.05) is 0 Å². The number of carbonyl (C=O) groups is 1. The van der Waals surface area contributed by atoms with Gasteiger partial charge in [-0.3, -0.25) is 4.79 Å². The standard InChI is InChI=1S/C13H20O3/c1-9-4-5-10(14)8-11-12(2,15)6-7-13(9,11)16-3/h8-9,15H,4-7H2,1-3H3. The largest absolute Gasteiger partial charge is 0.386 e. The molecule has 0 bridgehead atoms. The Balaban J connectivity index is 2.52. The number of ketones is 1. The van der Waals surface area contributed by atoms with Crippen molar-refractivity contribution in [2.75, 3.05) is 7.11 Å². The Labute approximate surface area is 96.5 Å². The van der Waals surface area contributed by atoms with Crippen molar-refractivity contribution in [1.82, 2.24) is 0 Å². The summed E-state index contributed by atoms with van der Waals surface area (Å²) < 4.78 is 5.70. The van der Waals surface area contributed by atoms with Gasteiger partial charge in [0.05, 0.1) is 11.2 Å². The average molecular weight is 224 g/mol. The molecule has 3 nitrogen and oxygen atoms in total. The van der Waals surface area contributed by atoms with Crippen LogP contribution in [0.15, 0.2) is 11.6 Å². The minimum Gasteiger partial charge on any atom is -0.386 e. The van der Waals surface area contributed by atoms with Gasteiger partial charge in [-0.2, -0.15) is 0 Å². The highest BCUT2D eigenvalue weighted by molar-refractivity contribution is 5.91. The molecule has 0 radical (unpaired) electrons. The number of carbonyl (C=O) groups excluding carboxylic acids is 1. The number of aliphatic hydroxyl groups is 1. The van der Waals surface area contributed by atoms with E-state index in [-0.39, 0.29) is 11.7 Å². The summed E-state index contributed by atoms with van der Waals surface area (Å²) in [5.74, 6) is 0.395. The van der Waals surface area contributed by atoms with Gasteiger partial charge in [0.15, 0.2) is 5.78 Å². The Hall–Kier alpha value is -0.670. The Morgan fingerprint density at radius 2 is 2.19 bits per heavy atom. The first-order chi connectivity index (χ1) is 7.42. The predicted molar refractivity (Wildman–Crippen MR) is 61.1 cm³/mol. The minimum atomic E-state index is -0.885. The maximum absolute atomic E-state index is 11.7. The monoisotopic (exact) mass is 224 g/mol. The van der Waals surface area contributed by atoms with Crippen LogP contribution in [0.1, 0.15) is 39.5 Å². The van der Waals surface area contributed by atoms with Crippen LogP contribution in [-0.2, 0) is 9.53 Å². The summed E-state index contributed by atoms with van der Waals surface area (Å²) in [5, 5.41) is 10.3. The predicted octanol–water partition coefficient (Wildman–Crippen LogP) is 1.84. The normalized spacial score (nSPS) is 43.9. The first kappa shape index (κ1) is 11.8. The van der Waals surface area contributed by atoms with Gasteiger partial charge in [-0.1, -0.05) is 6.92 Å². The second-order valence-electron chi connectivity index (χ2n) is 5.33. The molecule has 3 atom stereocenters. The van der Waals surface area contributed by atoms with E-state index in [0.29, 0.717) is 12.8 Å². The molecule has 3 heteroatoms. The zero-order chi connectivity index (χ0) is 12.0. The molecule has 90 valence electrons. The summed E-state index contributed by atoms with van der Waals surface area (Å²) in [4.78, 5) is 11.7. The number of rotatable bonds is 1. The van der Waals surface area contributed by atoms with Crippen molar-refractivity contribution >= 4 is 5.78 Å². The van der Waals surface area contributed by atoms with Crippen molar-refractivity contribution in [3.05, 3.63) is 11.6 Å². The van der Waals surface area contributed by atoms with Gasteiger partial charge >= 0.3 is 0 Å². The van der Waals surface area contributed by atoms with Crippen molar-refractivity contribution < 1.29 is 14.6 Å². The molecule has 0 aliphatic heterocycles. The van der Waals surface area contributed by atoms with Crippen molar-refractivity contribution in [3.63, 3.8) is 0 Å². The first-order valence-electron chi connectivity index (χ1n) is 5.95. The molecular weight excluding hydrogens is 204 g/mol. The maximum Gasteiger partial charge on any atom is 0.155 e. The molecular formula is C13H20O3. The van der Waals surface area contributed by atoms with Crippen LogP contribution in [-0.4, -0.2) is 29.2 Å². The molecule has 2 aliphatic carbocycles. The molecule has 0 aromatic rings. The van der Waals surface area contributed by atoms with Gasteiger partial charge in [-0.15, -0.1) is 0 Å². The van der Waals surface area contributed by atoms with Crippen molar-refractivity contribution in [2.45, 2.75) is 50.7 Å². The molecule has 0 heterocycles. The van der Waals surface area contributed by atoms with Gasteiger partial charge in [0.25, 0.3) is 0 Å². The minimum absolute atomic E-state index is 0.114. The third kappa shape index (κ3) is 1.54. The summed E-state index contributed by atoms with van der Waals surface area (Å²) in [5.41, 5.74) is -0.516. The van der Waals surface area contributed by atoms with Crippen LogP contribution in [0.2, 0.25) is 0 Å². The van der Waals surface area contributed by atoms with Crippen molar-refractivity contribution in [1.29, 1.82) is 0 Å². The topological polar surface area (TPSA) is 46.5 Å². The van der Waals surface area contributed by atoms with E-state index < -0.39 is 11.2 Å². The van der Waals surface area contributed by atoms with Gasteiger partial charge in [0.1, 0.15) is 0 Å². The molecule has 1 fully saturated rings. The zero-order valence-electron chi connectivity index (χ0n) is 10.2. The van der Waals surface area contributed by atoms with Gasteiger partial charge in [0.2, 0.25) is 0 Å². The Kier molecular flexibility index (Phi) is 2.71. The fraction of sp³-hybridized carbons (Fsp3) is 0.769. The number of allylic oxidation sites excluding steroid dienone is 1. The highest BCUT2D eigenvalue weighted by atomic mass is 16.5. The van der Waals surface area contributed by atoms with Crippen LogP contribution < -0.4 is 0 Å². The smallest absolute Gasteiger partial charge is 0.155 e. The molecule has 1 saturated carbocycles. The van der Waals surface area contributed by atoms with E-state index in [1.54, 1.807) is 20.1 Å². The van der Waals surface area contributed by atoms with Crippen LogP contribution in [0.4, 0.5) is 0 Å². The van der Waals surface area contributed by atoms with E-state index in [9.17, 15) is 9.90 Å². The molecule has 2 aliphatic rings. The second-order valence-corrected chi connectivity index (χ2v) is 5.33. The SMILES string of the molecule is COC12CCC(C)(O)C1=CC(=O)CCC2C. The lowest BCUT2D eigenvalue weighted by Gasteiger charge is -2.36. The summed E-state index contributed by atoms with van der Waals surface area (Å²) >= 11 is 0. The lowest BCUT2D eigenvalue weighted by Crippen LogP contribution is -2.40. The fourth-order valence-corrected chi connectivity index (χ4v) is 3.18. The molecule has 2 rings (SSSR count). The quantitative estimate of drug-likeness (QED) is 0.739. The molecule has 0 saturated heterocycles. The van der Waals surface area contributed by atoms with Crippen LogP contribution >= 0.6 is 0 Å². The van der Waals surface area contributed by atoms with E-state index in [4.69, 9.17) is 4.74 Å². The molecule has 1 N–H and O–H groups in total. The Morgan fingerprint density at radius 1 is 1.50 bits per heavy atom. The number of methoxy groups -OCH3 is 1. The second kappa shape index (κ2) is 3.67. The van der Waals surface area contributed by atoms with Crippen molar-refractivity contribution in [3.8, 4) is 0 Å². The zero-order valence-corrected chi connectivity index (χ0v) is 10.2. The van der Waals surface area contributed by atoms with Gasteiger partial charge in [0, 0.05) is 13.5 Å². The molecule has 0 aromatic carbocycles. The van der Waals surface area contributed by atoms with E-state index in [1.165, 1.54) is 0 Å². The molecule has 3 unspecified atom stereocenters. The molecule has 0 spiro atoms. The highest BCUT2D eigenvalue weighted by Gasteiger charge is 2.53. The number of ether oxygens (including phenoxy) is 1. The number of hydrogen-bond donors (Lipinski definition) is 1. The van der Waals surface area contributed by atoms with Gasteiger partial charge < -0.3 is 9.84 Å². The van der Waals surface area contributed by atoms with Gasteiger partial charge in [-0.25, -0.2) is 0 Å². The van der Waals surface area contributed by atoms with E-state index in [2.05, 4.69) is 6.92 Å². The molecule has 0 amide bonds. The van der Waals surface area contributed by atoms with E-state index in [0.717, 1.165) is 18.4 Å². The third-order valence-electron chi connectivity index (χ3n) is 4.31. The Morgan fingerprint density at radius 3 is 2.81 bits per heavy atom. The summed E-state index contributed by atoms with van der Waals surface area (Å²) in [6.45, 7) is 3.89. The van der Waals surface area contributed by atoms with Crippen LogP contribution in [0, 0.1) is 5.92 Å². The summed E-state index contributed by atoms with van der Waals surface area (Å²) in [7, 11) is 1.68. The van der Waals surface area contributed by atoms with Crippen LogP contribution in [0.25, 0.3) is 0 Å². The summed E-state index contributed by atoms with van der Waals surface area (Å²) in [6.07, 6.45) is 4.50. The molecule has 0 aromatic heterocycles.